The summed E-state index contributed by atoms with van der Waals surface area (Å²) in [6.45, 7) is 9.13. The summed E-state index contributed by atoms with van der Waals surface area (Å²) in [7, 11) is 0. The van der Waals surface area contributed by atoms with Gasteiger partial charge in [-0.25, -0.2) is 0 Å². The Hall–Kier alpha value is -0.820. The molecule has 96 valence electrons. The van der Waals surface area contributed by atoms with E-state index in [1.165, 1.54) is 24.8 Å². The Morgan fingerprint density at radius 2 is 1.76 bits per heavy atom. The number of benzene rings is 1. The number of rotatable bonds is 8. The van der Waals surface area contributed by atoms with Crippen molar-refractivity contribution in [3.63, 3.8) is 0 Å². The molecule has 0 fully saturated rings. The number of unbranched alkanes of at least 4 members (excludes halogenated alkanes) is 2. The molecule has 1 aromatic rings. The van der Waals surface area contributed by atoms with Gasteiger partial charge in [0.15, 0.2) is 0 Å². The lowest BCUT2D eigenvalue weighted by Crippen LogP contribution is -2.25. The Morgan fingerprint density at radius 3 is 2.35 bits per heavy atom. The molecular weight excluding hydrogens is 206 g/mol. The molecule has 0 heterocycles. The Labute approximate surface area is 107 Å². The molecule has 0 saturated heterocycles. The molecule has 0 aromatic heterocycles. The highest BCUT2D eigenvalue weighted by Gasteiger charge is 2.14. The summed E-state index contributed by atoms with van der Waals surface area (Å²) in [4.78, 5) is 0. The first-order valence-electron chi connectivity index (χ1n) is 7.01. The van der Waals surface area contributed by atoms with Crippen LogP contribution in [0, 0.1) is 5.92 Å². The Kier molecular flexibility index (Phi) is 6.95. The van der Waals surface area contributed by atoms with Gasteiger partial charge in [0.25, 0.3) is 0 Å². The molecule has 17 heavy (non-hydrogen) atoms. The minimum absolute atomic E-state index is 0.637. The summed E-state index contributed by atoms with van der Waals surface area (Å²) in [6, 6.07) is 10.9. The molecule has 0 saturated carbocycles. The van der Waals surface area contributed by atoms with E-state index in [2.05, 4.69) is 56.4 Å². The van der Waals surface area contributed by atoms with Gasteiger partial charge < -0.3 is 5.32 Å². The average Bonchev–Trinajstić information content (AvgIpc) is 2.34. The summed E-state index contributed by atoms with van der Waals surface area (Å²) in [5.74, 6) is 1.33. The van der Waals surface area contributed by atoms with Crippen LogP contribution in [-0.4, -0.2) is 13.1 Å². The lowest BCUT2D eigenvalue weighted by atomic mass is 9.88. The van der Waals surface area contributed by atoms with Crippen molar-refractivity contribution >= 4 is 0 Å². The topological polar surface area (TPSA) is 12.0 Å². The largest absolute Gasteiger partial charge is 0.316 e. The van der Waals surface area contributed by atoms with Crippen LogP contribution in [0.1, 0.15) is 51.5 Å². The molecule has 0 radical (unpaired) electrons. The third-order valence-electron chi connectivity index (χ3n) is 3.35. The quantitative estimate of drug-likeness (QED) is 0.663. The monoisotopic (exact) mass is 233 g/mol. The summed E-state index contributed by atoms with van der Waals surface area (Å²) >= 11 is 0. The molecule has 0 aliphatic rings. The first-order chi connectivity index (χ1) is 8.25. The van der Waals surface area contributed by atoms with Crippen molar-refractivity contribution in [3.8, 4) is 0 Å². The Morgan fingerprint density at radius 1 is 1.06 bits per heavy atom. The third-order valence-corrected chi connectivity index (χ3v) is 3.35. The van der Waals surface area contributed by atoms with E-state index in [9.17, 15) is 0 Å². The van der Waals surface area contributed by atoms with Gasteiger partial charge in [-0.1, -0.05) is 63.9 Å². The van der Waals surface area contributed by atoms with Crippen molar-refractivity contribution in [1.82, 2.24) is 5.32 Å². The van der Waals surface area contributed by atoms with E-state index >= 15 is 0 Å². The molecular formula is C16H27N. The highest BCUT2D eigenvalue weighted by Crippen LogP contribution is 2.23. The number of nitrogens with one attached hydrogen (secondary N) is 1. The van der Waals surface area contributed by atoms with E-state index < -0.39 is 0 Å². The maximum Gasteiger partial charge on any atom is 0.00226 e. The van der Waals surface area contributed by atoms with Gasteiger partial charge in [0, 0.05) is 6.54 Å². The highest BCUT2D eigenvalue weighted by molar-refractivity contribution is 5.20. The van der Waals surface area contributed by atoms with Crippen molar-refractivity contribution in [2.24, 2.45) is 5.92 Å². The molecule has 1 heteroatoms. The van der Waals surface area contributed by atoms with Crippen molar-refractivity contribution < 1.29 is 0 Å². The van der Waals surface area contributed by atoms with E-state index in [0.717, 1.165) is 13.1 Å². The standard InChI is InChI=1S/C16H27N/c1-4-5-9-12-17-13-16(14(2)3)15-10-7-6-8-11-15/h6-8,10-11,14,16-17H,4-5,9,12-13H2,1-3H3. The lowest BCUT2D eigenvalue weighted by molar-refractivity contribution is 0.457. The molecule has 1 rings (SSSR count). The zero-order valence-corrected chi connectivity index (χ0v) is 11.6. The van der Waals surface area contributed by atoms with Crippen LogP contribution in [-0.2, 0) is 0 Å². The molecule has 1 N–H and O–H groups in total. The molecule has 0 spiro atoms. The van der Waals surface area contributed by atoms with Gasteiger partial charge in [-0.15, -0.1) is 0 Å². The van der Waals surface area contributed by atoms with Gasteiger partial charge in [0.2, 0.25) is 0 Å². The number of hydrogen-bond donors (Lipinski definition) is 1. The van der Waals surface area contributed by atoms with Crippen LogP contribution in [0.3, 0.4) is 0 Å². The fourth-order valence-corrected chi connectivity index (χ4v) is 2.20. The Balaban J connectivity index is 2.40. The molecule has 1 unspecified atom stereocenters. The van der Waals surface area contributed by atoms with Gasteiger partial charge in [-0.2, -0.15) is 0 Å². The lowest BCUT2D eigenvalue weighted by Gasteiger charge is -2.22. The molecule has 1 aromatic carbocycles. The van der Waals surface area contributed by atoms with Gasteiger partial charge in [0.05, 0.1) is 0 Å². The summed E-state index contributed by atoms with van der Waals surface area (Å²) < 4.78 is 0. The van der Waals surface area contributed by atoms with E-state index in [1.54, 1.807) is 0 Å². The van der Waals surface area contributed by atoms with E-state index in [0.29, 0.717) is 11.8 Å². The average molecular weight is 233 g/mol. The zero-order chi connectivity index (χ0) is 12.5. The number of hydrogen-bond acceptors (Lipinski definition) is 1. The predicted molar refractivity (Wildman–Crippen MR) is 76.4 cm³/mol. The summed E-state index contributed by atoms with van der Waals surface area (Å²) in [5, 5.41) is 3.60. The van der Waals surface area contributed by atoms with E-state index in [-0.39, 0.29) is 0 Å². The molecule has 0 aliphatic heterocycles. The minimum atomic E-state index is 0.637. The zero-order valence-electron chi connectivity index (χ0n) is 11.6. The molecule has 0 bridgehead atoms. The fourth-order valence-electron chi connectivity index (χ4n) is 2.20. The molecule has 1 nitrogen and oxygen atoms in total. The predicted octanol–water partition coefficient (Wildman–Crippen LogP) is 4.21. The highest BCUT2D eigenvalue weighted by atomic mass is 14.9. The summed E-state index contributed by atoms with van der Waals surface area (Å²) in [6.07, 6.45) is 3.94. The second-order valence-corrected chi connectivity index (χ2v) is 5.17. The third kappa shape index (κ3) is 5.36. The first-order valence-corrected chi connectivity index (χ1v) is 7.01. The SMILES string of the molecule is CCCCCNCC(c1ccccc1)C(C)C. The van der Waals surface area contributed by atoms with Crippen LogP contribution in [0.2, 0.25) is 0 Å². The molecule has 0 aliphatic carbocycles. The normalized spacial score (nSPS) is 12.9. The maximum absolute atomic E-state index is 3.60. The van der Waals surface area contributed by atoms with Gasteiger partial charge >= 0.3 is 0 Å². The first kappa shape index (κ1) is 14.2. The maximum atomic E-state index is 3.60. The van der Waals surface area contributed by atoms with E-state index in [4.69, 9.17) is 0 Å². The minimum Gasteiger partial charge on any atom is -0.316 e. The molecule has 1 atom stereocenters. The summed E-state index contributed by atoms with van der Waals surface area (Å²) in [5.41, 5.74) is 1.46. The fraction of sp³-hybridized carbons (Fsp3) is 0.625. The second kappa shape index (κ2) is 8.30. The van der Waals surface area contributed by atoms with Crippen molar-refractivity contribution in [1.29, 1.82) is 0 Å². The van der Waals surface area contributed by atoms with Crippen molar-refractivity contribution in [3.05, 3.63) is 35.9 Å². The van der Waals surface area contributed by atoms with Crippen LogP contribution < -0.4 is 5.32 Å². The molecule has 0 amide bonds. The van der Waals surface area contributed by atoms with Gasteiger partial charge in [-0.05, 0) is 30.4 Å². The van der Waals surface area contributed by atoms with Crippen molar-refractivity contribution in [2.75, 3.05) is 13.1 Å². The van der Waals surface area contributed by atoms with Crippen LogP contribution in [0.15, 0.2) is 30.3 Å². The Bertz CT molecular complexity index is 279. The smallest absolute Gasteiger partial charge is 0.00226 e. The van der Waals surface area contributed by atoms with Crippen LogP contribution in [0.5, 0.6) is 0 Å². The van der Waals surface area contributed by atoms with E-state index in [1.807, 2.05) is 0 Å². The second-order valence-electron chi connectivity index (χ2n) is 5.17. The van der Waals surface area contributed by atoms with Crippen molar-refractivity contribution in [2.45, 2.75) is 46.0 Å². The van der Waals surface area contributed by atoms with Crippen LogP contribution in [0.25, 0.3) is 0 Å². The van der Waals surface area contributed by atoms with Crippen LogP contribution >= 0.6 is 0 Å². The van der Waals surface area contributed by atoms with Gasteiger partial charge in [-0.3, -0.25) is 0 Å². The van der Waals surface area contributed by atoms with Crippen LogP contribution in [0.4, 0.5) is 0 Å². The van der Waals surface area contributed by atoms with Gasteiger partial charge in [0.1, 0.15) is 0 Å².